The quantitative estimate of drug-likeness (QED) is 0.669. The van der Waals surface area contributed by atoms with Gasteiger partial charge in [0, 0.05) is 13.2 Å². The zero-order chi connectivity index (χ0) is 21.0. The zero-order valence-electron chi connectivity index (χ0n) is 16.5. The maximum atomic E-state index is 13.0. The second-order valence-corrected chi connectivity index (χ2v) is 7.29. The molecule has 0 radical (unpaired) electrons. The van der Waals surface area contributed by atoms with Crippen molar-refractivity contribution in [2.75, 3.05) is 18.9 Å². The van der Waals surface area contributed by atoms with E-state index in [9.17, 15) is 9.59 Å². The highest BCUT2D eigenvalue weighted by molar-refractivity contribution is 6.33. The number of hydrogen-bond donors (Lipinski definition) is 1. The van der Waals surface area contributed by atoms with E-state index in [1.54, 1.807) is 42.2 Å². The summed E-state index contributed by atoms with van der Waals surface area (Å²) in [4.78, 5) is 31.0. The summed E-state index contributed by atoms with van der Waals surface area (Å²) in [6.07, 6.45) is 3.20. The third-order valence-corrected chi connectivity index (χ3v) is 4.66. The molecule has 0 atom stereocenters. The van der Waals surface area contributed by atoms with Gasteiger partial charge in [-0.3, -0.25) is 9.59 Å². The van der Waals surface area contributed by atoms with Gasteiger partial charge in [-0.15, -0.1) is 0 Å². The number of carbonyl (C=O) groups is 2. The molecule has 1 aromatic carbocycles. The molecule has 150 valence electrons. The molecule has 3 rings (SSSR count). The number of nitrogens with zero attached hydrogens (tertiary/aromatic N) is 4. The van der Waals surface area contributed by atoms with Crippen molar-refractivity contribution >= 4 is 29.1 Å². The number of rotatable bonds is 6. The van der Waals surface area contributed by atoms with Crippen LogP contribution in [0.25, 0.3) is 5.82 Å². The average Bonchev–Trinajstić information content (AvgIpc) is 3.15. The topological polar surface area (TPSA) is 80.1 Å². The van der Waals surface area contributed by atoms with Crippen molar-refractivity contribution in [1.82, 2.24) is 19.7 Å². The van der Waals surface area contributed by atoms with Crippen LogP contribution in [-0.2, 0) is 4.79 Å². The minimum atomic E-state index is -0.336. The summed E-state index contributed by atoms with van der Waals surface area (Å²) in [7, 11) is 1.58. The van der Waals surface area contributed by atoms with Gasteiger partial charge in [0.1, 0.15) is 0 Å². The Hall–Kier alpha value is -3.19. The Morgan fingerprint density at radius 1 is 1.17 bits per heavy atom. The number of benzene rings is 1. The molecule has 0 aliphatic carbocycles. The van der Waals surface area contributed by atoms with Gasteiger partial charge >= 0.3 is 0 Å². The van der Waals surface area contributed by atoms with Crippen molar-refractivity contribution in [2.45, 2.75) is 19.8 Å². The number of para-hydroxylation sites is 1. The molecule has 2 amide bonds. The van der Waals surface area contributed by atoms with E-state index in [2.05, 4.69) is 15.4 Å². The van der Waals surface area contributed by atoms with Crippen LogP contribution in [0.1, 0.15) is 35.8 Å². The van der Waals surface area contributed by atoms with Crippen molar-refractivity contribution in [2.24, 2.45) is 0 Å². The van der Waals surface area contributed by atoms with Gasteiger partial charge in [0.05, 0.1) is 34.7 Å². The fourth-order valence-electron chi connectivity index (χ4n) is 2.98. The third kappa shape index (κ3) is 4.63. The number of hydrogen-bond acceptors (Lipinski definition) is 4. The Balaban J connectivity index is 1.78. The summed E-state index contributed by atoms with van der Waals surface area (Å²) in [5.41, 5.74) is 1.69. The Bertz CT molecular complexity index is 1020. The van der Waals surface area contributed by atoms with E-state index in [0.29, 0.717) is 22.1 Å². The third-order valence-electron chi connectivity index (χ3n) is 4.33. The number of halogens is 1. The van der Waals surface area contributed by atoms with E-state index in [1.165, 1.54) is 11.1 Å². The summed E-state index contributed by atoms with van der Waals surface area (Å²) in [6.45, 7) is 3.85. The first-order valence-electron chi connectivity index (χ1n) is 9.17. The van der Waals surface area contributed by atoms with Crippen LogP contribution in [0, 0.1) is 0 Å². The Kier molecular flexibility index (Phi) is 6.29. The fourth-order valence-corrected chi connectivity index (χ4v) is 3.17. The Morgan fingerprint density at radius 2 is 1.90 bits per heavy atom. The molecule has 29 heavy (non-hydrogen) atoms. The van der Waals surface area contributed by atoms with E-state index in [1.807, 2.05) is 32.0 Å². The minimum absolute atomic E-state index is 0.0313. The van der Waals surface area contributed by atoms with Gasteiger partial charge in [-0.1, -0.05) is 43.6 Å². The summed E-state index contributed by atoms with van der Waals surface area (Å²) in [5.74, 6) is 0.0422. The molecule has 0 spiro atoms. The molecular weight excluding hydrogens is 390 g/mol. The maximum absolute atomic E-state index is 13.0. The van der Waals surface area contributed by atoms with Crippen molar-refractivity contribution in [3.63, 3.8) is 0 Å². The van der Waals surface area contributed by atoms with Gasteiger partial charge in [0.15, 0.2) is 5.82 Å². The van der Waals surface area contributed by atoms with Crippen LogP contribution < -0.4 is 5.32 Å². The van der Waals surface area contributed by atoms with Crippen molar-refractivity contribution in [1.29, 1.82) is 0 Å². The van der Waals surface area contributed by atoms with Gasteiger partial charge in [0.2, 0.25) is 5.91 Å². The van der Waals surface area contributed by atoms with Crippen molar-refractivity contribution in [3.8, 4) is 5.82 Å². The number of carbonyl (C=O) groups excluding carboxylic acids is 2. The van der Waals surface area contributed by atoms with Gasteiger partial charge < -0.3 is 10.2 Å². The molecule has 0 unspecified atom stereocenters. The first kappa shape index (κ1) is 20.5. The van der Waals surface area contributed by atoms with Crippen LogP contribution in [0.3, 0.4) is 0 Å². The van der Waals surface area contributed by atoms with Gasteiger partial charge in [0.25, 0.3) is 5.91 Å². The zero-order valence-corrected chi connectivity index (χ0v) is 17.2. The van der Waals surface area contributed by atoms with Crippen LogP contribution in [0.4, 0.5) is 5.69 Å². The highest BCUT2D eigenvalue weighted by atomic mass is 35.5. The number of aromatic nitrogens is 3. The van der Waals surface area contributed by atoms with Crippen LogP contribution in [0.5, 0.6) is 0 Å². The number of amides is 2. The van der Waals surface area contributed by atoms with Crippen molar-refractivity contribution in [3.05, 3.63) is 71.1 Å². The molecule has 3 aromatic rings. The second-order valence-electron chi connectivity index (χ2n) is 6.89. The normalized spacial score (nSPS) is 10.8. The van der Waals surface area contributed by atoms with E-state index in [4.69, 9.17) is 11.6 Å². The molecule has 7 nitrogen and oxygen atoms in total. The summed E-state index contributed by atoms with van der Waals surface area (Å²) >= 11 is 6.07. The monoisotopic (exact) mass is 411 g/mol. The molecule has 2 aromatic heterocycles. The van der Waals surface area contributed by atoms with Gasteiger partial charge in [-0.25, -0.2) is 9.67 Å². The average molecular weight is 412 g/mol. The molecular formula is C21H22ClN5O2. The SMILES string of the molecule is CC(C)c1c(C(=O)N(C)CC(=O)Nc2ccccc2Cl)cnn1-c1ccccn1. The van der Waals surface area contributed by atoms with E-state index >= 15 is 0 Å². The summed E-state index contributed by atoms with van der Waals surface area (Å²) in [5, 5.41) is 7.52. The predicted octanol–water partition coefficient (Wildman–Crippen LogP) is 3.75. The van der Waals surface area contributed by atoms with Crippen LogP contribution in [0.2, 0.25) is 5.02 Å². The molecule has 0 fully saturated rings. The molecule has 0 aliphatic rings. The van der Waals surface area contributed by atoms with Crippen LogP contribution in [0.15, 0.2) is 54.9 Å². The van der Waals surface area contributed by atoms with Gasteiger partial charge in [-0.2, -0.15) is 5.10 Å². The standard InChI is InChI=1S/C21H22ClN5O2/c1-14(2)20-15(12-24-27(20)18-10-6-7-11-23-18)21(29)26(3)13-19(28)25-17-9-5-4-8-16(17)22/h4-12,14H,13H2,1-3H3,(H,25,28). The highest BCUT2D eigenvalue weighted by Crippen LogP contribution is 2.24. The van der Waals surface area contributed by atoms with Crippen LogP contribution in [-0.4, -0.2) is 45.1 Å². The van der Waals surface area contributed by atoms with E-state index in [0.717, 1.165) is 5.69 Å². The van der Waals surface area contributed by atoms with E-state index in [-0.39, 0.29) is 24.3 Å². The first-order valence-corrected chi connectivity index (χ1v) is 9.55. The van der Waals surface area contributed by atoms with E-state index < -0.39 is 0 Å². The first-order chi connectivity index (χ1) is 13.9. The lowest BCUT2D eigenvalue weighted by atomic mass is 10.0. The summed E-state index contributed by atoms with van der Waals surface area (Å²) < 4.78 is 1.66. The molecule has 0 saturated carbocycles. The Labute approximate surface area is 174 Å². The lowest BCUT2D eigenvalue weighted by Crippen LogP contribution is -2.35. The minimum Gasteiger partial charge on any atom is -0.332 e. The number of pyridine rings is 1. The lowest BCUT2D eigenvalue weighted by molar-refractivity contribution is -0.116. The molecule has 0 saturated heterocycles. The van der Waals surface area contributed by atoms with Crippen molar-refractivity contribution < 1.29 is 9.59 Å². The number of anilines is 1. The number of likely N-dealkylation sites (N-methyl/N-ethyl adjacent to an activating group) is 1. The fraction of sp³-hybridized carbons (Fsp3) is 0.238. The molecule has 1 N–H and O–H groups in total. The summed E-state index contributed by atoms with van der Waals surface area (Å²) in [6, 6.07) is 12.5. The molecule has 8 heteroatoms. The Morgan fingerprint density at radius 3 is 2.55 bits per heavy atom. The largest absolute Gasteiger partial charge is 0.332 e. The smallest absolute Gasteiger partial charge is 0.257 e. The maximum Gasteiger partial charge on any atom is 0.257 e. The lowest BCUT2D eigenvalue weighted by Gasteiger charge is -2.18. The second kappa shape index (κ2) is 8.87. The van der Waals surface area contributed by atoms with Crippen LogP contribution >= 0.6 is 11.6 Å². The molecule has 0 bridgehead atoms. The molecule has 0 aliphatic heterocycles. The highest BCUT2D eigenvalue weighted by Gasteiger charge is 2.24. The number of nitrogens with one attached hydrogen (secondary N) is 1. The molecule has 2 heterocycles. The van der Waals surface area contributed by atoms with Gasteiger partial charge in [-0.05, 0) is 30.2 Å². The predicted molar refractivity (Wildman–Crippen MR) is 112 cm³/mol.